The first-order valence-corrected chi connectivity index (χ1v) is 4.02. The van der Waals surface area contributed by atoms with Crippen LogP contribution in [0.1, 0.15) is 41.5 Å². The van der Waals surface area contributed by atoms with Crippen molar-refractivity contribution in [2.24, 2.45) is 16.0 Å². The summed E-state index contributed by atoms with van der Waals surface area (Å²) in [5.41, 5.74) is -0.0556. The first-order valence-electron chi connectivity index (χ1n) is 4.02. The molecule has 0 atom stereocenters. The summed E-state index contributed by atoms with van der Waals surface area (Å²) in [7, 11) is 0. The van der Waals surface area contributed by atoms with E-state index < -0.39 is 0 Å². The minimum absolute atomic E-state index is 0.0278. The molecule has 2 heteroatoms. The molecule has 0 aliphatic heterocycles. The molecule has 0 amide bonds. The van der Waals surface area contributed by atoms with Gasteiger partial charge in [0.15, 0.2) is 0 Å². The van der Waals surface area contributed by atoms with Gasteiger partial charge in [0, 0.05) is 0 Å². The fraction of sp³-hybridized carbons (Fsp3) is 1.00. The van der Waals surface area contributed by atoms with Crippen molar-refractivity contribution >= 4 is 0 Å². The summed E-state index contributed by atoms with van der Waals surface area (Å²) in [5, 5.41) is 3.18. The van der Waals surface area contributed by atoms with Crippen molar-refractivity contribution in [2.75, 3.05) is 0 Å². The maximum absolute atomic E-state index is 10.5. The van der Waals surface area contributed by atoms with E-state index in [1.165, 1.54) is 0 Å². The van der Waals surface area contributed by atoms with Gasteiger partial charge in [-0.15, -0.1) is 0 Å². The van der Waals surface area contributed by atoms with E-state index in [0.717, 1.165) is 0 Å². The highest BCUT2D eigenvalue weighted by Gasteiger charge is 2.35. The molecule has 0 aromatic heterocycles. The van der Waals surface area contributed by atoms with Crippen LogP contribution in [0.5, 0.6) is 0 Å². The van der Waals surface area contributed by atoms with Crippen molar-refractivity contribution < 1.29 is 0 Å². The van der Waals surface area contributed by atoms with Gasteiger partial charge in [-0.05, 0) is 10.8 Å². The lowest BCUT2D eigenvalue weighted by Gasteiger charge is -2.34. The van der Waals surface area contributed by atoms with Gasteiger partial charge in [0.2, 0.25) is 0 Å². The molecule has 0 saturated heterocycles. The van der Waals surface area contributed by atoms with Crippen molar-refractivity contribution in [1.29, 1.82) is 0 Å². The molecule has 0 radical (unpaired) electrons. The van der Waals surface area contributed by atoms with E-state index in [4.69, 9.17) is 0 Å². The molecule has 0 unspecified atom stereocenters. The zero-order valence-corrected chi connectivity index (χ0v) is 8.43. The van der Waals surface area contributed by atoms with Gasteiger partial charge in [0.1, 0.15) is 6.04 Å². The summed E-state index contributed by atoms with van der Waals surface area (Å²) in [6.45, 7) is 12.3. The largest absolute Gasteiger partial charge is 0.150 e. The first-order chi connectivity index (χ1) is 4.69. The van der Waals surface area contributed by atoms with E-state index in [-0.39, 0.29) is 16.9 Å². The average Bonchev–Trinajstić information content (AvgIpc) is 1.56. The topological polar surface area (TPSA) is 29.4 Å². The molecule has 11 heavy (non-hydrogen) atoms. The van der Waals surface area contributed by atoms with Gasteiger partial charge in [-0.3, -0.25) is 0 Å². The number of hydrogen-bond acceptors (Lipinski definition) is 2. The maximum Gasteiger partial charge on any atom is 0.102 e. The number of hydrogen-bond donors (Lipinski definition) is 0. The van der Waals surface area contributed by atoms with Gasteiger partial charge in [0.25, 0.3) is 0 Å². The van der Waals surface area contributed by atoms with Crippen LogP contribution in [0.2, 0.25) is 0 Å². The van der Waals surface area contributed by atoms with Crippen LogP contribution in [0, 0.1) is 15.7 Å². The van der Waals surface area contributed by atoms with Gasteiger partial charge in [-0.25, -0.2) is 0 Å². The highest BCUT2D eigenvalue weighted by molar-refractivity contribution is 4.89. The Kier molecular flexibility index (Phi) is 2.81. The lowest BCUT2D eigenvalue weighted by atomic mass is 9.73. The van der Waals surface area contributed by atoms with Gasteiger partial charge >= 0.3 is 0 Å². The molecule has 0 rings (SSSR count). The average molecular weight is 157 g/mol. The summed E-state index contributed by atoms with van der Waals surface area (Å²) in [4.78, 5) is 10.5. The Bertz CT molecular complexity index is 125. The molecule has 0 aliphatic rings. The van der Waals surface area contributed by atoms with Crippen LogP contribution >= 0.6 is 0 Å². The third kappa shape index (κ3) is 3.00. The van der Waals surface area contributed by atoms with Gasteiger partial charge < -0.3 is 0 Å². The summed E-state index contributed by atoms with van der Waals surface area (Å²) in [6, 6.07) is -0.116. The number of nitrogens with zero attached hydrogens (tertiary/aromatic N) is 1. The lowest BCUT2D eigenvalue weighted by Crippen LogP contribution is -2.36. The highest BCUT2D eigenvalue weighted by atomic mass is 16.3. The number of rotatable bonds is 1. The molecule has 0 aromatic carbocycles. The molecule has 0 aliphatic carbocycles. The summed E-state index contributed by atoms with van der Waals surface area (Å²) in [5.74, 6) is 0. The van der Waals surface area contributed by atoms with Gasteiger partial charge in [-0.2, -0.15) is 4.91 Å². The molecular weight excluding hydrogens is 138 g/mol. The van der Waals surface area contributed by atoms with Crippen LogP contribution < -0.4 is 0 Å². The summed E-state index contributed by atoms with van der Waals surface area (Å²) in [6.07, 6.45) is 0. The van der Waals surface area contributed by atoms with Crippen LogP contribution in [0.3, 0.4) is 0 Å². The molecule has 0 bridgehead atoms. The fourth-order valence-corrected chi connectivity index (χ4v) is 1.62. The zero-order chi connectivity index (χ0) is 9.28. The maximum atomic E-state index is 10.5. The monoisotopic (exact) mass is 157 g/mol. The van der Waals surface area contributed by atoms with E-state index in [2.05, 4.69) is 5.18 Å². The molecular formula is C9H19NO. The first kappa shape index (κ1) is 10.6. The van der Waals surface area contributed by atoms with E-state index in [1.54, 1.807) is 0 Å². The predicted molar refractivity (Wildman–Crippen MR) is 48.5 cm³/mol. The van der Waals surface area contributed by atoms with E-state index in [9.17, 15) is 4.91 Å². The zero-order valence-electron chi connectivity index (χ0n) is 8.43. The van der Waals surface area contributed by atoms with Crippen LogP contribution in [0.15, 0.2) is 5.18 Å². The Labute approximate surface area is 69.4 Å². The van der Waals surface area contributed by atoms with Crippen LogP contribution in [0.4, 0.5) is 0 Å². The summed E-state index contributed by atoms with van der Waals surface area (Å²) >= 11 is 0. The SMILES string of the molecule is CC(C)(C)C(N=O)C(C)(C)C. The summed E-state index contributed by atoms with van der Waals surface area (Å²) < 4.78 is 0. The van der Waals surface area contributed by atoms with E-state index >= 15 is 0 Å². The second-order valence-electron chi connectivity index (χ2n) is 5.24. The molecule has 0 spiro atoms. The highest BCUT2D eigenvalue weighted by Crippen LogP contribution is 2.35. The normalized spacial score (nSPS) is 13.7. The Morgan fingerprint density at radius 1 is 0.909 bits per heavy atom. The Morgan fingerprint density at radius 3 is 1.18 bits per heavy atom. The van der Waals surface area contributed by atoms with Crippen molar-refractivity contribution in [1.82, 2.24) is 0 Å². The van der Waals surface area contributed by atoms with Crippen LogP contribution in [0.25, 0.3) is 0 Å². The smallest absolute Gasteiger partial charge is 0.102 e. The van der Waals surface area contributed by atoms with E-state index in [0.29, 0.717) is 0 Å². The van der Waals surface area contributed by atoms with Crippen molar-refractivity contribution in [3.8, 4) is 0 Å². The Morgan fingerprint density at radius 2 is 1.18 bits per heavy atom. The third-order valence-corrected chi connectivity index (χ3v) is 1.75. The van der Waals surface area contributed by atoms with Gasteiger partial charge in [0.05, 0.1) is 0 Å². The molecule has 0 heterocycles. The molecule has 0 fully saturated rings. The molecule has 66 valence electrons. The molecule has 0 N–H and O–H groups in total. The third-order valence-electron chi connectivity index (χ3n) is 1.75. The standard InChI is InChI=1S/C9H19NO/c1-8(2,3)7(10-11)9(4,5)6/h7H,1-6H3. The second kappa shape index (κ2) is 2.92. The van der Waals surface area contributed by atoms with Crippen LogP contribution in [-0.4, -0.2) is 6.04 Å². The van der Waals surface area contributed by atoms with Crippen molar-refractivity contribution in [3.05, 3.63) is 4.91 Å². The predicted octanol–water partition coefficient (Wildman–Crippen LogP) is 3.21. The van der Waals surface area contributed by atoms with Crippen molar-refractivity contribution in [3.63, 3.8) is 0 Å². The van der Waals surface area contributed by atoms with Crippen LogP contribution in [-0.2, 0) is 0 Å². The molecule has 2 nitrogen and oxygen atoms in total. The van der Waals surface area contributed by atoms with Gasteiger partial charge in [-0.1, -0.05) is 46.7 Å². The molecule has 0 saturated carbocycles. The lowest BCUT2D eigenvalue weighted by molar-refractivity contribution is 0.180. The minimum atomic E-state index is -0.116. The quantitative estimate of drug-likeness (QED) is 0.537. The fourth-order valence-electron chi connectivity index (χ4n) is 1.62. The van der Waals surface area contributed by atoms with Crippen molar-refractivity contribution in [2.45, 2.75) is 47.6 Å². The molecule has 0 aromatic rings. The number of nitroso groups, excluding NO2 is 1. The minimum Gasteiger partial charge on any atom is -0.150 e. The Hall–Kier alpha value is -0.400. The van der Waals surface area contributed by atoms with E-state index in [1.807, 2.05) is 41.5 Å². The second-order valence-corrected chi connectivity index (χ2v) is 5.24. The Balaban J connectivity index is 4.56.